The van der Waals surface area contributed by atoms with Crippen LogP contribution in [0.5, 0.6) is 5.88 Å². The molecule has 0 N–H and O–H groups in total. The van der Waals surface area contributed by atoms with Crippen LogP contribution in [0, 0.1) is 17.1 Å². The number of benzene rings is 2. The van der Waals surface area contributed by atoms with Crippen LogP contribution in [0.1, 0.15) is 47.6 Å². The average Bonchev–Trinajstić information content (AvgIpc) is 3.63. The average molecular weight is 583 g/mol. The Labute approximate surface area is 248 Å². The van der Waals surface area contributed by atoms with Gasteiger partial charge in [0.25, 0.3) is 0 Å². The minimum atomic E-state index is -0.502. The first-order chi connectivity index (χ1) is 21.0. The number of nitriles is 1. The van der Waals surface area contributed by atoms with Gasteiger partial charge in [-0.3, -0.25) is 4.68 Å². The van der Waals surface area contributed by atoms with Crippen molar-refractivity contribution in [1.82, 2.24) is 24.3 Å². The summed E-state index contributed by atoms with van der Waals surface area (Å²) in [6, 6.07) is 16.8. The van der Waals surface area contributed by atoms with Crippen molar-refractivity contribution in [2.45, 2.75) is 46.1 Å². The fourth-order valence-electron chi connectivity index (χ4n) is 4.64. The van der Waals surface area contributed by atoms with Crippen molar-refractivity contribution < 1.29 is 23.4 Å². The summed E-state index contributed by atoms with van der Waals surface area (Å²) < 4.78 is 34.4. The van der Waals surface area contributed by atoms with Gasteiger partial charge in [0.2, 0.25) is 5.88 Å². The molecule has 220 valence electrons. The highest BCUT2D eigenvalue weighted by Crippen LogP contribution is 2.25. The number of rotatable bonds is 9. The van der Waals surface area contributed by atoms with Crippen LogP contribution >= 0.6 is 0 Å². The van der Waals surface area contributed by atoms with Gasteiger partial charge in [0.05, 0.1) is 66.4 Å². The van der Waals surface area contributed by atoms with Gasteiger partial charge >= 0.3 is 5.97 Å². The molecule has 1 aliphatic heterocycles. The van der Waals surface area contributed by atoms with E-state index >= 15 is 0 Å². The molecule has 10 nitrogen and oxygen atoms in total. The summed E-state index contributed by atoms with van der Waals surface area (Å²) in [4.78, 5) is 21.5. The molecule has 0 aliphatic carbocycles. The third kappa shape index (κ3) is 6.55. The molecule has 5 aromatic rings. The first-order valence-corrected chi connectivity index (χ1v) is 14.0. The highest BCUT2D eigenvalue weighted by Gasteiger charge is 2.23. The molecule has 4 heterocycles. The zero-order valence-electron chi connectivity index (χ0n) is 24.2. The summed E-state index contributed by atoms with van der Waals surface area (Å²) >= 11 is 0. The number of carbonyl (C=O) groups excluding carboxylic acids is 1. The molecule has 0 spiro atoms. The smallest absolute Gasteiger partial charge is 0.337 e. The number of hydrogen-bond donors (Lipinski definition) is 0. The normalized spacial score (nSPS) is 13.9. The van der Waals surface area contributed by atoms with Gasteiger partial charge in [0.15, 0.2) is 0 Å². The van der Waals surface area contributed by atoms with Crippen LogP contribution in [-0.4, -0.2) is 50.1 Å². The summed E-state index contributed by atoms with van der Waals surface area (Å²) in [5.41, 5.74) is 4.06. The molecule has 6 rings (SSSR count). The molecular weight excluding hydrogens is 551 g/mol. The quantitative estimate of drug-likeness (QED) is 0.208. The largest absolute Gasteiger partial charge is 0.473 e. The minimum absolute atomic E-state index is 0.0219. The number of aromatic nitrogens is 5. The van der Waals surface area contributed by atoms with Gasteiger partial charge in [0, 0.05) is 30.0 Å². The Balaban J connectivity index is 0.00000180. The van der Waals surface area contributed by atoms with E-state index in [2.05, 4.69) is 14.6 Å². The maximum Gasteiger partial charge on any atom is 0.337 e. The van der Waals surface area contributed by atoms with Crippen LogP contribution in [0.2, 0.25) is 0 Å². The van der Waals surface area contributed by atoms with Gasteiger partial charge < -0.3 is 18.8 Å². The van der Waals surface area contributed by atoms with E-state index in [4.69, 9.17) is 24.5 Å². The predicted octanol–water partition coefficient (Wildman–Crippen LogP) is 5.53. The van der Waals surface area contributed by atoms with Gasteiger partial charge in [-0.05, 0) is 42.8 Å². The van der Waals surface area contributed by atoms with Crippen molar-refractivity contribution >= 4 is 17.0 Å². The van der Waals surface area contributed by atoms with Gasteiger partial charge in [-0.2, -0.15) is 10.4 Å². The molecule has 11 heteroatoms. The molecule has 2 aromatic carbocycles. The molecule has 1 unspecified atom stereocenters. The molecule has 1 aliphatic rings. The van der Waals surface area contributed by atoms with Gasteiger partial charge in [0.1, 0.15) is 18.2 Å². The first-order valence-electron chi connectivity index (χ1n) is 14.0. The third-order valence-corrected chi connectivity index (χ3v) is 6.94. The number of imidazole rings is 1. The summed E-state index contributed by atoms with van der Waals surface area (Å²) in [5.74, 6) is 0.209. The van der Waals surface area contributed by atoms with E-state index in [0.29, 0.717) is 35.8 Å². The van der Waals surface area contributed by atoms with E-state index in [1.54, 1.807) is 41.2 Å². The van der Waals surface area contributed by atoms with Crippen molar-refractivity contribution in [2.24, 2.45) is 0 Å². The van der Waals surface area contributed by atoms with Crippen LogP contribution in [-0.2, 0) is 29.2 Å². The molecule has 43 heavy (non-hydrogen) atoms. The van der Waals surface area contributed by atoms with Crippen LogP contribution in [0.25, 0.3) is 22.3 Å². The van der Waals surface area contributed by atoms with Gasteiger partial charge in [-0.15, -0.1) is 0 Å². The molecule has 3 aromatic heterocycles. The number of halogens is 1. The van der Waals surface area contributed by atoms with Gasteiger partial charge in [-0.1, -0.05) is 26.0 Å². The van der Waals surface area contributed by atoms with E-state index < -0.39 is 11.8 Å². The van der Waals surface area contributed by atoms with Crippen molar-refractivity contribution in [3.05, 3.63) is 95.3 Å². The number of esters is 1. The summed E-state index contributed by atoms with van der Waals surface area (Å²) in [6.07, 6.45) is 4.63. The first kappa shape index (κ1) is 29.4. The van der Waals surface area contributed by atoms with Crippen LogP contribution in [0.3, 0.4) is 0 Å². The molecule has 0 bridgehead atoms. The van der Waals surface area contributed by atoms with E-state index in [1.165, 1.54) is 19.2 Å². The Morgan fingerprint density at radius 1 is 1.16 bits per heavy atom. The van der Waals surface area contributed by atoms with Crippen molar-refractivity contribution in [3.8, 4) is 23.2 Å². The van der Waals surface area contributed by atoms with E-state index in [9.17, 15) is 9.18 Å². The lowest BCUT2D eigenvalue weighted by atomic mass is 10.1. The Morgan fingerprint density at radius 3 is 2.72 bits per heavy atom. The summed E-state index contributed by atoms with van der Waals surface area (Å²) in [5, 5.41) is 13.4. The number of hydrogen-bond acceptors (Lipinski definition) is 8. The van der Waals surface area contributed by atoms with E-state index in [0.717, 1.165) is 35.4 Å². The number of nitrogens with zero attached hydrogens (tertiary/aromatic N) is 6. The van der Waals surface area contributed by atoms with E-state index in [1.807, 2.05) is 38.2 Å². The Bertz CT molecular complexity index is 1790. The van der Waals surface area contributed by atoms with Gasteiger partial charge in [-0.25, -0.2) is 19.2 Å². The minimum Gasteiger partial charge on any atom is -0.473 e. The highest BCUT2D eigenvalue weighted by atomic mass is 19.1. The molecule has 0 radical (unpaired) electrons. The lowest BCUT2D eigenvalue weighted by Gasteiger charge is -2.27. The number of ether oxygens (including phenoxy) is 3. The van der Waals surface area contributed by atoms with Crippen LogP contribution in [0.4, 0.5) is 4.39 Å². The number of methoxy groups -OCH3 is 1. The lowest BCUT2D eigenvalue weighted by Crippen LogP contribution is -2.32. The second kappa shape index (κ2) is 13.3. The van der Waals surface area contributed by atoms with Crippen LogP contribution < -0.4 is 4.74 Å². The standard InChI is InChI=1S/C30H25FN6O4.C2H6/c1-39-30(38)20-7-8-26-27(12-20)37(16-23-9-10-40-23)28(34-26)17-36-15-22(14-33-36)25-3-2-4-29(35-25)41-18-21-6-5-19(13-32)11-24(21)31;1-2/h2-8,11-12,14-15,23H,9-10,16-18H2,1H3;1-2H3. The number of carbonyl (C=O) groups is 1. The number of pyridine rings is 1. The monoisotopic (exact) mass is 582 g/mol. The molecule has 1 atom stereocenters. The molecular formula is C32H31FN6O4. The second-order valence-corrected chi connectivity index (χ2v) is 9.61. The zero-order valence-corrected chi connectivity index (χ0v) is 24.2. The fourth-order valence-corrected chi connectivity index (χ4v) is 4.64. The maximum absolute atomic E-state index is 14.2. The Morgan fingerprint density at radius 2 is 2.00 bits per heavy atom. The summed E-state index contributed by atoms with van der Waals surface area (Å²) in [6.45, 7) is 5.72. The summed E-state index contributed by atoms with van der Waals surface area (Å²) in [7, 11) is 1.36. The zero-order chi connectivity index (χ0) is 30.3. The van der Waals surface area contributed by atoms with Crippen LogP contribution in [0.15, 0.2) is 67.0 Å². The SMILES string of the molecule is CC.COC(=O)c1ccc2nc(Cn3cc(-c4cccc(OCc5ccc(C#N)cc5F)n4)cn3)n(CC3CCO3)c2c1. The Hall–Kier alpha value is -5.08. The molecule has 0 amide bonds. The maximum atomic E-state index is 14.2. The van der Waals surface area contributed by atoms with Crippen molar-refractivity contribution in [3.63, 3.8) is 0 Å². The molecule has 0 saturated carbocycles. The Kier molecular flexibility index (Phi) is 9.08. The fraction of sp³-hybridized carbons (Fsp3) is 0.281. The molecule has 1 fully saturated rings. The predicted molar refractivity (Wildman–Crippen MR) is 157 cm³/mol. The molecule has 1 saturated heterocycles. The van der Waals surface area contributed by atoms with E-state index in [-0.39, 0.29) is 18.3 Å². The topological polar surface area (TPSA) is 117 Å². The second-order valence-electron chi connectivity index (χ2n) is 9.61. The van der Waals surface area contributed by atoms with Crippen molar-refractivity contribution in [2.75, 3.05) is 13.7 Å². The lowest BCUT2D eigenvalue weighted by molar-refractivity contribution is -0.0590. The third-order valence-electron chi connectivity index (χ3n) is 6.94. The highest BCUT2D eigenvalue weighted by molar-refractivity contribution is 5.93. The number of fused-ring (bicyclic) bond motifs is 1. The van der Waals surface area contributed by atoms with Crippen molar-refractivity contribution in [1.29, 1.82) is 5.26 Å².